The summed E-state index contributed by atoms with van der Waals surface area (Å²) in [5.74, 6) is 5.05. The Bertz CT molecular complexity index is 757. The van der Waals surface area contributed by atoms with Gasteiger partial charge < -0.3 is 4.79 Å². The molecule has 4 aliphatic rings. The number of rotatable bonds is 7. The van der Waals surface area contributed by atoms with Gasteiger partial charge in [-0.05, 0) is 127 Å². The van der Waals surface area contributed by atoms with Gasteiger partial charge in [-0.15, -0.1) is 0 Å². The lowest BCUT2D eigenvalue weighted by Gasteiger charge is -2.44. The minimum Gasteiger partial charge on any atom is -0.303 e. The van der Waals surface area contributed by atoms with Crippen LogP contribution < -0.4 is 0 Å². The van der Waals surface area contributed by atoms with Crippen molar-refractivity contribution >= 4 is 38.1 Å². The average Bonchev–Trinajstić information content (AvgIpc) is 3.39. The Morgan fingerprint density at radius 1 is 0.833 bits per heavy atom. The zero-order valence-electron chi connectivity index (χ0n) is 23.3. The van der Waals surface area contributed by atoms with Gasteiger partial charge in [0.25, 0.3) is 0 Å². The third-order valence-corrected chi connectivity index (χ3v) is 12.4. The summed E-state index contributed by atoms with van der Waals surface area (Å²) < 4.78 is 0. The third kappa shape index (κ3) is 6.63. The van der Waals surface area contributed by atoms with Crippen molar-refractivity contribution in [1.82, 2.24) is 0 Å². The molecule has 0 N–H and O–H groups in total. The van der Waals surface area contributed by atoms with Gasteiger partial charge in [0.1, 0.15) is 6.29 Å². The summed E-state index contributed by atoms with van der Waals surface area (Å²) >= 11 is 7.16. The maximum absolute atomic E-state index is 10.6. The van der Waals surface area contributed by atoms with E-state index in [2.05, 4.69) is 76.4 Å². The smallest absolute Gasteiger partial charge is 0.120 e. The van der Waals surface area contributed by atoms with E-state index in [1.54, 1.807) is 11.1 Å². The van der Waals surface area contributed by atoms with Crippen molar-refractivity contribution in [1.29, 1.82) is 0 Å². The first kappa shape index (κ1) is 32.3. The Balaban J connectivity index is 0.000000247. The molecule has 4 aliphatic carbocycles. The van der Waals surface area contributed by atoms with Gasteiger partial charge in [-0.3, -0.25) is 0 Å². The highest BCUT2D eigenvalue weighted by Crippen LogP contribution is 2.61. The summed E-state index contributed by atoms with van der Waals surface area (Å²) in [4.78, 5) is 15.0. The van der Waals surface area contributed by atoms with E-state index in [-0.39, 0.29) is 7.43 Å². The highest BCUT2D eigenvalue weighted by molar-refractivity contribution is 9.11. The molecule has 3 heteroatoms. The molecular formula is C33H56Br2O. The molecule has 8 atom stereocenters. The molecule has 0 aliphatic heterocycles. The summed E-state index contributed by atoms with van der Waals surface area (Å²) in [7, 11) is 0. The highest BCUT2D eigenvalue weighted by atomic mass is 79.9. The third-order valence-electron chi connectivity index (χ3n) is 11.2. The van der Waals surface area contributed by atoms with E-state index in [1.807, 2.05) is 0 Å². The predicted molar refractivity (Wildman–Crippen MR) is 166 cm³/mol. The molecule has 208 valence electrons. The monoisotopic (exact) mass is 626 g/mol. The van der Waals surface area contributed by atoms with Crippen LogP contribution >= 0.6 is 31.9 Å². The van der Waals surface area contributed by atoms with Gasteiger partial charge in [0.15, 0.2) is 0 Å². The molecule has 0 aromatic carbocycles. The van der Waals surface area contributed by atoms with Gasteiger partial charge in [-0.1, -0.05) is 97.9 Å². The van der Waals surface area contributed by atoms with Gasteiger partial charge >= 0.3 is 0 Å². The molecule has 36 heavy (non-hydrogen) atoms. The molecule has 1 nitrogen and oxygen atoms in total. The lowest BCUT2D eigenvalue weighted by Crippen LogP contribution is -2.35. The topological polar surface area (TPSA) is 17.1 Å². The van der Waals surface area contributed by atoms with E-state index in [0.29, 0.717) is 16.7 Å². The van der Waals surface area contributed by atoms with Crippen LogP contribution in [0.3, 0.4) is 0 Å². The fraction of sp³-hybridized carbons (Fsp3) is 0.848. The fourth-order valence-corrected chi connectivity index (χ4v) is 10.6. The second-order valence-corrected chi connectivity index (χ2v) is 14.0. The molecule has 0 aromatic heterocycles. The normalized spacial score (nSPS) is 39.4. The summed E-state index contributed by atoms with van der Waals surface area (Å²) in [5.41, 5.74) is 4.42. The summed E-state index contributed by atoms with van der Waals surface area (Å²) in [6.07, 6.45) is 19.4. The molecule has 0 saturated heterocycles. The number of carbonyl (C=O) groups is 1. The van der Waals surface area contributed by atoms with Crippen molar-refractivity contribution in [2.24, 2.45) is 46.3 Å². The van der Waals surface area contributed by atoms with Crippen LogP contribution in [0.15, 0.2) is 21.1 Å². The average molecular weight is 629 g/mol. The number of fused-ring (bicyclic) bond motifs is 2. The van der Waals surface area contributed by atoms with Crippen LogP contribution in [-0.2, 0) is 4.79 Å². The minimum atomic E-state index is 0. The lowest BCUT2D eigenvalue weighted by molar-refractivity contribution is -0.108. The molecule has 0 heterocycles. The fourth-order valence-electron chi connectivity index (χ4n) is 9.48. The first-order valence-electron chi connectivity index (χ1n) is 14.8. The molecule has 4 rings (SSSR count). The Kier molecular flexibility index (Phi) is 13.0. The molecule has 4 saturated carbocycles. The van der Waals surface area contributed by atoms with Crippen LogP contribution in [0.2, 0.25) is 0 Å². The van der Waals surface area contributed by atoms with Gasteiger partial charge in [0.2, 0.25) is 0 Å². The van der Waals surface area contributed by atoms with E-state index in [1.165, 1.54) is 77.0 Å². The van der Waals surface area contributed by atoms with Crippen LogP contribution in [0.5, 0.6) is 0 Å². The Labute approximate surface area is 241 Å². The zero-order chi connectivity index (χ0) is 25.6. The first-order chi connectivity index (χ1) is 16.8. The van der Waals surface area contributed by atoms with Gasteiger partial charge in [0.05, 0.1) is 0 Å². The van der Waals surface area contributed by atoms with Gasteiger partial charge in [-0.25, -0.2) is 0 Å². The number of hydrogen-bond donors (Lipinski definition) is 0. The first-order valence-corrected chi connectivity index (χ1v) is 16.6. The second-order valence-electron chi connectivity index (χ2n) is 13.0. The SMILES string of the molecule is C.CCC[C@@H](C)[C@H]1CCC2/C(=C/Br)CCC[C@@]21C.C[C@H](CCC=O)[C@H]1CCC2/C(=C/Br)CCC[C@@]21C. The van der Waals surface area contributed by atoms with E-state index >= 15 is 0 Å². The maximum atomic E-state index is 10.6. The largest absolute Gasteiger partial charge is 0.303 e. The highest BCUT2D eigenvalue weighted by Gasteiger charge is 2.51. The Morgan fingerprint density at radius 3 is 1.67 bits per heavy atom. The Hall–Kier alpha value is 0.110. The summed E-state index contributed by atoms with van der Waals surface area (Å²) in [6.45, 7) is 12.3. The van der Waals surface area contributed by atoms with Crippen molar-refractivity contribution < 1.29 is 4.79 Å². The molecule has 4 fully saturated rings. The maximum Gasteiger partial charge on any atom is 0.120 e. The van der Waals surface area contributed by atoms with E-state index in [0.717, 1.165) is 48.7 Å². The summed E-state index contributed by atoms with van der Waals surface area (Å²) in [5, 5.41) is 0. The van der Waals surface area contributed by atoms with E-state index < -0.39 is 0 Å². The van der Waals surface area contributed by atoms with Crippen molar-refractivity contribution in [3.05, 3.63) is 21.1 Å². The standard InChI is InChI=1S/C16H25BrO.C16H27Br.CH4/c1-12(5-4-10-18)14-7-8-15-13(11-17)6-3-9-16(14,15)2;1-4-6-12(2)14-8-9-15-13(11-17)7-5-10-16(14,15)3;/h10-12,14-15H,3-9H2,1-2H3;11-12,14-15H,4-10H2,1-3H3;1H4/b2*13-11+;/t2*12-,14-,15?,16-;/m11./s1. The van der Waals surface area contributed by atoms with Gasteiger partial charge in [-0.2, -0.15) is 0 Å². The van der Waals surface area contributed by atoms with Crippen molar-refractivity contribution in [2.45, 2.75) is 132 Å². The minimum absolute atomic E-state index is 0. The predicted octanol–water partition coefficient (Wildman–Crippen LogP) is 11.7. The van der Waals surface area contributed by atoms with Crippen LogP contribution in [0, 0.1) is 46.3 Å². The number of carbonyl (C=O) groups excluding carboxylic acids is 1. The van der Waals surface area contributed by atoms with Crippen LogP contribution in [0.25, 0.3) is 0 Å². The van der Waals surface area contributed by atoms with Gasteiger partial charge in [0, 0.05) is 6.42 Å². The van der Waals surface area contributed by atoms with E-state index in [9.17, 15) is 4.79 Å². The van der Waals surface area contributed by atoms with Crippen LogP contribution in [0.1, 0.15) is 132 Å². The number of hydrogen-bond acceptors (Lipinski definition) is 1. The zero-order valence-corrected chi connectivity index (χ0v) is 26.4. The molecule has 0 spiro atoms. The number of halogens is 2. The van der Waals surface area contributed by atoms with Crippen molar-refractivity contribution in [3.63, 3.8) is 0 Å². The molecular weight excluding hydrogens is 572 g/mol. The van der Waals surface area contributed by atoms with Crippen LogP contribution in [0.4, 0.5) is 0 Å². The summed E-state index contributed by atoms with van der Waals surface area (Å²) in [6, 6.07) is 0. The molecule has 0 aromatic rings. The molecule has 0 bridgehead atoms. The molecule has 0 amide bonds. The quantitative estimate of drug-likeness (QED) is 0.257. The Morgan fingerprint density at radius 2 is 1.28 bits per heavy atom. The number of allylic oxidation sites excluding steroid dienone is 2. The van der Waals surface area contributed by atoms with Crippen LogP contribution in [-0.4, -0.2) is 6.29 Å². The molecule has 2 unspecified atom stereocenters. The number of aldehydes is 1. The van der Waals surface area contributed by atoms with E-state index in [4.69, 9.17) is 0 Å². The van der Waals surface area contributed by atoms with Crippen molar-refractivity contribution in [2.75, 3.05) is 0 Å². The second kappa shape index (κ2) is 14.5. The van der Waals surface area contributed by atoms with Crippen molar-refractivity contribution in [3.8, 4) is 0 Å². The lowest BCUT2D eigenvalue weighted by atomic mass is 9.61. The molecule has 0 radical (unpaired) electrons.